The molecule has 2 heterocycles. The number of fused-ring (bicyclic) bond motifs is 1. The lowest BCUT2D eigenvalue weighted by molar-refractivity contribution is -0.122. The molecule has 0 radical (unpaired) electrons. The monoisotopic (exact) mass is 345 g/mol. The second-order valence-electron chi connectivity index (χ2n) is 6.20. The van der Waals surface area contributed by atoms with Gasteiger partial charge >= 0.3 is 0 Å². The van der Waals surface area contributed by atoms with Crippen molar-refractivity contribution < 1.29 is 9.18 Å². The standard InChI is InChI=1S/C18H24FN5O/c1-2-20-18(24-14-4-6-17(25)23-11-14)21-8-7-12-10-22-16-5-3-13(19)9-15(12)16/h3,5,9-10,14,22H,2,4,6-8,11H2,1H3,(H,23,25)(H2,20,21,24). The van der Waals surface area contributed by atoms with E-state index in [2.05, 4.69) is 25.9 Å². The Morgan fingerprint density at radius 3 is 3.08 bits per heavy atom. The van der Waals surface area contributed by atoms with Crippen molar-refractivity contribution in [2.75, 3.05) is 19.6 Å². The SMILES string of the molecule is CCNC(=NCCc1c[nH]c2ccc(F)cc12)NC1CCC(=O)NC1. The predicted octanol–water partition coefficient (Wildman–Crippen LogP) is 1.68. The number of carbonyl (C=O) groups is 1. The zero-order valence-electron chi connectivity index (χ0n) is 14.4. The van der Waals surface area contributed by atoms with Crippen LogP contribution >= 0.6 is 0 Å². The molecule has 1 saturated heterocycles. The summed E-state index contributed by atoms with van der Waals surface area (Å²) >= 11 is 0. The van der Waals surface area contributed by atoms with Gasteiger partial charge in [-0.25, -0.2) is 4.39 Å². The average Bonchev–Trinajstić information content (AvgIpc) is 2.99. The number of aliphatic imine (C=N–C) groups is 1. The van der Waals surface area contributed by atoms with Crippen molar-refractivity contribution in [1.82, 2.24) is 20.9 Å². The van der Waals surface area contributed by atoms with Crippen LogP contribution in [0.2, 0.25) is 0 Å². The lowest BCUT2D eigenvalue weighted by Crippen LogP contribution is -2.51. The number of benzene rings is 1. The van der Waals surface area contributed by atoms with E-state index in [0.717, 1.165) is 41.8 Å². The van der Waals surface area contributed by atoms with Gasteiger partial charge in [-0.05, 0) is 43.5 Å². The van der Waals surface area contributed by atoms with Crippen LogP contribution in [0.1, 0.15) is 25.3 Å². The Labute approximate surface area is 146 Å². The molecule has 1 amide bonds. The van der Waals surface area contributed by atoms with E-state index >= 15 is 0 Å². The highest BCUT2D eigenvalue weighted by Gasteiger charge is 2.18. The molecule has 3 rings (SSSR count). The van der Waals surface area contributed by atoms with Crippen LogP contribution in [0.3, 0.4) is 0 Å². The third kappa shape index (κ3) is 4.49. The normalized spacial score (nSPS) is 18.2. The Morgan fingerprint density at radius 2 is 2.32 bits per heavy atom. The zero-order valence-corrected chi connectivity index (χ0v) is 14.4. The van der Waals surface area contributed by atoms with Crippen LogP contribution in [0.5, 0.6) is 0 Å². The number of hydrogen-bond acceptors (Lipinski definition) is 2. The molecule has 1 aliphatic rings. The van der Waals surface area contributed by atoms with Crippen molar-refractivity contribution in [1.29, 1.82) is 0 Å². The minimum Gasteiger partial charge on any atom is -0.361 e. The molecular weight excluding hydrogens is 321 g/mol. The largest absolute Gasteiger partial charge is 0.361 e. The summed E-state index contributed by atoms with van der Waals surface area (Å²) in [5, 5.41) is 10.4. The number of hydrogen-bond donors (Lipinski definition) is 4. The molecule has 0 aliphatic carbocycles. The molecule has 1 aliphatic heterocycles. The highest BCUT2D eigenvalue weighted by Crippen LogP contribution is 2.19. The third-order valence-electron chi connectivity index (χ3n) is 4.33. The first kappa shape index (κ1) is 17.3. The lowest BCUT2D eigenvalue weighted by Gasteiger charge is -2.25. The van der Waals surface area contributed by atoms with Gasteiger partial charge < -0.3 is 20.9 Å². The van der Waals surface area contributed by atoms with Gasteiger partial charge in [0.05, 0.1) is 0 Å². The maximum Gasteiger partial charge on any atom is 0.220 e. The predicted molar refractivity (Wildman–Crippen MR) is 97.1 cm³/mol. The summed E-state index contributed by atoms with van der Waals surface area (Å²) in [5.41, 5.74) is 1.99. The first-order valence-corrected chi connectivity index (χ1v) is 8.72. The van der Waals surface area contributed by atoms with E-state index in [1.807, 2.05) is 13.1 Å². The van der Waals surface area contributed by atoms with E-state index in [0.29, 0.717) is 19.5 Å². The van der Waals surface area contributed by atoms with Gasteiger partial charge in [-0.1, -0.05) is 0 Å². The molecule has 7 heteroatoms. The van der Waals surface area contributed by atoms with Crippen LogP contribution in [-0.2, 0) is 11.2 Å². The smallest absolute Gasteiger partial charge is 0.220 e. The minimum absolute atomic E-state index is 0.103. The number of nitrogens with zero attached hydrogens (tertiary/aromatic N) is 1. The molecule has 1 aromatic carbocycles. The number of aromatic amines is 1. The summed E-state index contributed by atoms with van der Waals surface area (Å²) in [6.45, 7) is 3.99. The van der Waals surface area contributed by atoms with Crippen molar-refractivity contribution in [3.8, 4) is 0 Å². The molecule has 1 fully saturated rings. The summed E-state index contributed by atoms with van der Waals surface area (Å²) < 4.78 is 13.4. The van der Waals surface area contributed by atoms with Gasteiger partial charge in [0, 0.05) is 49.2 Å². The number of halogens is 1. The second kappa shape index (κ2) is 8.00. The topological polar surface area (TPSA) is 81.3 Å². The molecule has 2 aromatic rings. The number of piperidine rings is 1. The highest BCUT2D eigenvalue weighted by molar-refractivity contribution is 5.83. The Hall–Kier alpha value is -2.57. The third-order valence-corrected chi connectivity index (χ3v) is 4.33. The van der Waals surface area contributed by atoms with Crippen molar-refractivity contribution >= 4 is 22.8 Å². The Morgan fingerprint density at radius 1 is 1.44 bits per heavy atom. The maximum absolute atomic E-state index is 13.4. The van der Waals surface area contributed by atoms with Gasteiger partial charge in [-0.3, -0.25) is 9.79 Å². The highest BCUT2D eigenvalue weighted by atomic mass is 19.1. The summed E-state index contributed by atoms with van der Waals surface area (Å²) in [7, 11) is 0. The van der Waals surface area contributed by atoms with Crippen LogP contribution in [-0.4, -0.2) is 42.5 Å². The van der Waals surface area contributed by atoms with Crippen LogP contribution in [0, 0.1) is 5.82 Å². The fourth-order valence-electron chi connectivity index (χ4n) is 3.02. The summed E-state index contributed by atoms with van der Waals surface area (Å²) in [6.07, 6.45) is 3.98. The Balaban J connectivity index is 1.61. The molecule has 4 N–H and O–H groups in total. The van der Waals surface area contributed by atoms with E-state index in [9.17, 15) is 9.18 Å². The van der Waals surface area contributed by atoms with E-state index in [-0.39, 0.29) is 17.8 Å². The minimum atomic E-state index is -0.230. The molecule has 0 bridgehead atoms. The molecule has 6 nitrogen and oxygen atoms in total. The number of rotatable bonds is 5. The summed E-state index contributed by atoms with van der Waals surface area (Å²) in [5.74, 6) is 0.618. The van der Waals surface area contributed by atoms with Gasteiger partial charge in [0.15, 0.2) is 5.96 Å². The lowest BCUT2D eigenvalue weighted by atomic mass is 10.1. The molecule has 1 aromatic heterocycles. The van der Waals surface area contributed by atoms with E-state index in [4.69, 9.17) is 0 Å². The number of nitrogens with one attached hydrogen (secondary N) is 4. The number of carbonyl (C=O) groups excluding carboxylic acids is 1. The Bertz CT molecular complexity index is 760. The van der Waals surface area contributed by atoms with Gasteiger partial charge in [0.1, 0.15) is 5.82 Å². The van der Waals surface area contributed by atoms with Crippen LogP contribution in [0.25, 0.3) is 10.9 Å². The second-order valence-corrected chi connectivity index (χ2v) is 6.20. The van der Waals surface area contributed by atoms with Crippen molar-refractivity contribution in [2.24, 2.45) is 4.99 Å². The fraction of sp³-hybridized carbons (Fsp3) is 0.444. The molecule has 25 heavy (non-hydrogen) atoms. The van der Waals surface area contributed by atoms with Crippen molar-refractivity contribution in [3.05, 3.63) is 35.8 Å². The maximum atomic E-state index is 13.4. The first-order chi connectivity index (χ1) is 12.2. The van der Waals surface area contributed by atoms with Gasteiger partial charge in [0.25, 0.3) is 0 Å². The van der Waals surface area contributed by atoms with Crippen molar-refractivity contribution in [2.45, 2.75) is 32.2 Å². The molecule has 1 unspecified atom stereocenters. The van der Waals surface area contributed by atoms with Crippen LogP contribution < -0.4 is 16.0 Å². The first-order valence-electron chi connectivity index (χ1n) is 8.72. The van der Waals surface area contributed by atoms with Gasteiger partial charge in [0.2, 0.25) is 5.91 Å². The van der Waals surface area contributed by atoms with Crippen LogP contribution in [0.15, 0.2) is 29.4 Å². The zero-order chi connectivity index (χ0) is 17.6. The van der Waals surface area contributed by atoms with Gasteiger partial charge in [-0.2, -0.15) is 0 Å². The number of aromatic nitrogens is 1. The van der Waals surface area contributed by atoms with E-state index < -0.39 is 0 Å². The molecule has 134 valence electrons. The fourth-order valence-corrected chi connectivity index (χ4v) is 3.02. The van der Waals surface area contributed by atoms with Crippen molar-refractivity contribution in [3.63, 3.8) is 0 Å². The van der Waals surface area contributed by atoms with Crippen LogP contribution in [0.4, 0.5) is 4.39 Å². The molecular formula is C18H24FN5O. The average molecular weight is 345 g/mol. The Kier molecular flexibility index (Phi) is 5.53. The number of guanidine groups is 1. The number of amides is 1. The molecule has 1 atom stereocenters. The van der Waals surface area contributed by atoms with E-state index in [1.165, 1.54) is 6.07 Å². The molecule has 0 spiro atoms. The number of H-pyrrole nitrogens is 1. The summed E-state index contributed by atoms with van der Waals surface area (Å²) in [4.78, 5) is 19.0. The van der Waals surface area contributed by atoms with Gasteiger partial charge in [-0.15, -0.1) is 0 Å². The van der Waals surface area contributed by atoms with E-state index in [1.54, 1.807) is 12.1 Å². The quantitative estimate of drug-likeness (QED) is 0.492. The summed E-state index contributed by atoms with van der Waals surface area (Å²) in [6, 6.07) is 4.95. The molecule has 0 saturated carbocycles.